The Labute approximate surface area is 220 Å². The van der Waals surface area contributed by atoms with E-state index < -0.39 is 71.9 Å². The van der Waals surface area contributed by atoms with Crippen LogP contribution in [0.5, 0.6) is 5.88 Å². The van der Waals surface area contributed by atoms with Gasteiger partial charge in [-0.25, -0.2) is 18.9 Å². The number of amides is 2. The van der Waals surface area contributed by atoms with Gasteiger partial charge in [0.15, 0.2) is 11.4 Å². The maximum atomic E-state index is 14.7. The van der Waals surface area contributed by atoms with Crippen LogP contribution in [0.2, 0.25) is 0 Å². The molecule has 1 aliphatic rings. The highest BCUT2D eigenvalue weighted by Gasteiger charge is 2.56. The number of rotatable bonds is 5. The fraction of sp³-hybridized carbons (Fsp3) is 0.409. The molecule has 11 nitrogen and oxygen atoms in total. The number of alkyl halides is 7. The smallest absolute Gasteiger partial charge is 0.418 e. The monoisotopic (exact) mass is 578 g/mol. The van der Waals surface area contributed by atoms with Crippen LogP contribution in [0.15, 0.2) is 24.7 Å². The number of hydrogen-bond donors (Lipinski definition) is 3. The summed E-state index contributed by atoms with van der Waals surface area (Å²) in [6.07, 6.45) is -9.88. The quantitative estimate of drug-likeness (QED) is 0.389. The van der Waals surface area contributed by atoms with E-state index >= 15 is 0 Å². The lowest BCUT2D eigenvalue weighted by molar-refractivity contribution is -0.193. The van der Waals surface area contributed by atoms with Gasteiger partial charge in [0.05, 0.1) is 31.0 Å². The Morgan fingerprint density at radius 1 is 1.12 bits per heavy atom. The zero-order chi connectivity index (χ0) is 29.8. The second-order valence-corrected chi connectivity index (χ2v) is 9.13. The maximum Gasteiger partial charge on any atom is 0.418 e. The van der Waals surface area contributed by atoms with Crippen molar-refractivity contribution in [1.82, 2.24) is 29.8 Å². The first-order valence-electron chi connectivity index (χ1n) is 11.3. The summed E-state index contributed by atoms with van der Waals surface area (Å²) in [5.41, 5.74) is 5.27. The summed E-state index contributed by atoms with van der Waals surface area (Å²) < 4.78 is 101. The van der Waals surface area contributed by atoms with Gasteiger partial charge in [-0.1, -0.05) is 0 Å². The molecule has 1 unspecified atom stereocenters. The number of methoxy groups -OCH3 is 1. The second-order valence-electron chi connectivity index (χ2n) is 9.13. The third-order valence-corrected chi connectivity index (χ3v) is 6.36. The Balaban J connectivity index is 1.65. The molecule has 3 aromatic rings. The molecule has 1 aliphatic heterocycles. The highest BCUT2D eigenvalue weighted by molar-refractivity contribution is 5.98. The number of likely N-dealkylation sites (tertiary alicyclic amines) is 1. The predicted molar refractivity (Wildman–Crippen MR) is 124 cm³/mol. The number of ether oxygens (including phenoxy) is 1. The van der Waals surface area contributed by atoms with Gasteiger partial charge >= 0.3 is 12.4 Å². The minimum Gasteiger partial charge on any atom is -0.480 e. The first kappa shape index (κ1) is 28.8. The lowest BCUT2D eigenvalue weighted by Crippen LogP contribution is -2.62. The molecule has 0 aliphatic carbocycles. The predicted octanol–water partition coefficient (Wildman–Crippen LogP) is 1.96. The first-order valence-corrected chi connectivity index (χ1v) is 11.3. The Morgan fingerprint density at radius 2 is 1.80 bits per heavy atom. The third-order valence-electron chi connectivity index (χ3n) is 6.36. The van der Waals surface area contributed by atoms with Crippen LogP contribution in [0.4, 0.5) is 36.6 Å². The van der Waals surface area contributed by atoms with Crippen LogP contribution in [0.25, 0.3) is 16.8 Å². The van der Waals surface area contributed by atoms with Gasteiger partial charge in [-0.3, -0.25) is 9.59 Å². The van der Waals surface area contributed by atoms with E-state index in [1.165, 1.54) is 0 Å². The summed E-state index contributed by atoms with van der Waals surface area (Å²) in [4.78, 5) is 33.5. The summed E-state index contributed by atoms with van der Waals surface area (Å²) in [7, 11) is 1.15. The molecule has 4 rings (SSSR count). The number of nitrogen functional groups attached to an aromatic ring is 1. The molecule has 3 aromatic heterocycles. The molecule has 0 radical (unpaired) electrons. The van der Waals surface area contributed by atoms with Crippen molar-refractivity contribution in [3.05, 3.63) is 35.8 Å². The van der Waals surface area contributed by atoms with E-state index in [1.807, 2.05) is 0 Å². The van der Waals surface area contributed by atoms with Gasteiger partial charge in [0.2, 0.25) is 5.88 Å². The van der Waals surface area contributed by atoms with Crippen LogP contribution < -0.4 is 21.5 Å². The number of nitrogens with one attached hydrogen (secondary N) is 1. The number of carbonyl (C=O) groups is 2. The molecule has 0 aromatic carbocycles. The van der Waals surface area contributed by atoms with Crippen molar-refractivity contribution in [2.24, 2.45) is 5.73 Å². The van der Waals surface area contributed by atoms with Crippen molar-refractivity contribution >= 4 is 23.1 Å². The number of halogens is 7. The topological polar surface area (TPSA) is 154 Å². The van der Waals surface area contributed by atoms with Crippen LogP contribution in [-0.2, 0) is 11.0 Å². The van der Waals surface area contributed by atoms with Gasteiger partial charge in [-0.2, -0.15) is 31.4 Å². The van der Waals surface area contributed by atoms with E-state index in [0.29, 0.717) is 11.8 Å². The fourth-order valence-electron chi connectivity index (χ4n) is 4.17. The van der Waals surface area contributed by atoms with Crippen molar-refractivity contribution in [3.63, 3.8) is 0 Å². The van der Waals surface area contributed by atoms with Gasteiger partial charge in [-0.05, 0) is 19.1 Å². The zero-order valence-electron chi connectivity index (χ0n) is 20.6. The van der Waals surface area contributed by atoms with Crippen LogP contribution in [0.3, 0.4) is 0 Å². The van der Waals surface area contributed by atoms with E-state index in [-0.39, 0.29) is 22.7 Å². The van der Waals surface area contributed by atoms with Crippen LogP contribution in [0.1, 0.15) is 22.8 Å². The molecular formula is C22H21F7N8O3. The number of anilines is 1. The fourth-order valence-corrected chi connectivity index (χ4v) is 4.17. The molecule has 0 saturated carbocycles. The van der Waals surface area contributed by atoms with Crippen molar-refractivity contribution < 1.29 is 45.1 Å². The molecule has 40 heavy (non-hydrogen) atoms. The largest absolute Gasteiger partial charge is 0.480 e. The van der Waals surface area contributed by atoms with Gasteiger partial charge in [0.1, 0.15) is 23.6 Å². The molecule has 216 valence electrons. The minimum absolute atomic E-state index is 0.0429. The van der Waals surface area contributed by atoms with Gasteiger partial charge in [-0.15, -0.1) is 0 Å². The van der Waals surface area contributed by atoms with Gasteiger partial charge in [0, 0.05) is 18.3 Å². The normalized spacial score (nSPS) is 19.5. The van der Waals surface area contributed by atoms with E-state index in [9.17, 15) is 40.3 Å². The molecule has 4 heterocycles. The summed E-state index contributed by atoms with van der Waals surface area (Å²) in [6.45, 7) is -0.942. The van der Waals surface area contributed by atoms with Crippen molar-refractivity contribution in [2.75, 3.05) is 25.9 Å². The molecule has 3 atom stereocenters. The number of nitrogens with zero attached hydrogens (tertiary/aromatic N) is 5. The average molecular weight is 578 g/mol. The summed E-state index contributed by atoms with van der Waals surface area (Å²) >= 11 is 0. The molecule has 5 N–H and O–H groups in total. The van der Waals surface area contributed by atoms with E-state index in [4.69, 9.17) is 16.2 Å². The van der Waals surface area contributed by atoms with Gasteiger partial charge < -0.3 is 26.4 Å². The summed E-state index contributed by atoms with van der Waals surface area (Å²) in [5.74, 6) is -3.35. The Bertz CT molecular complexity index is 1470. The van der Waals surface area contributed by atoms with Crippen molar-refractivity contribution in [1.29, 1.82) is 0 Å². The highest BCUT2D eigenvalue weighted by atomic mass is 19.4. The molecule has 0 spiro atoms. The van der Waals surface area contributed by atoms with Crippen molar-refractivity contribution in [2.45, 2.75) is 37.0 Å². The zero-order valence-corrected chi connectivity index (χ0v) is 20.6. The SMILES string of the molecule is COc1ncc(-c2cc(C(F)(F)F)c3c(N)ncnn23)cc1C(=O)N[C@@H]1CN(C(=O)C(C)(N)C(F)(F)F)C[C@@H]1F. The lowest BCUT2D eigenvalue weighted by Gasteiger charge is -2.30. The Hall–Kier alpha value is -4.22. The molecule has 0 bridgehead atoms. The average Bonchev–Trinajstić information content (AvgIpc) is 3.44. The third kappa shape index (κ3) is 4.93. The summed E-state index contributed by atoms with van der Waals surface area (Å²) in [6, 6.07) is 0.397. The first-order chi connectivity index (χ1) is 18.5. The highest BCUT2D eigenvalue weighted by Crippen LogP contribution is 2.39. The minimum atomic E-state index is -5.11. The molecule has 1 fully saturated rings. The number of fused-ring (bicyclic) bond motifs is 1. The number of nitrogens with two attached hydrogens (primary N) is 2. The standard InChI is InChI=1S/C22H21F7N8O3/c1-20(31,22(27,28)29)19(39)36-6-12(23)13(7-36)35-17(38)10-3-9(5-32-18(10)40-2)14-4-11(21(24,25)26)15-16(30)33-8-34-37(14)15/h3-5,8,12-13H,6-7,31H2,1-2H3,(H,35,38)(H2,30,33,34)/t12-,13+,20?/m0/s1. The molecule has 18 heteroatoms. The van der Waals surface area contributed by atoms with Gasteiger partial charge in [0.25, 0.3) is 11.8 Å². The van der Waals surface area contributed by atoms with E-state index in [1.54, 1.807) is 0 Å². The Kier molecular flexibility index (Phi) is 7.02. The number of carbonyl (C=O) groups excluding carboxylic acids is 2. The van der Waals surface area contributed by atoms with Crippen LogP contribution >= 0.6 is 0 Å². The number of aromatic nitrogens is 4. The van der Waals surface area contributed by atoms with E-state index in [2.05, 4.69) is 20.4 Å². The van der Waals surface area contributed by atoms with Crippen molar-refractivity contribution in [3.8, 4) is 17.1 Å². The summed E-state index contributed by atoms with van der Waals surface area (Å²) in [5, 5.41) is 6.08. The van der Waals surface area contributed by atoms with Crippen LogP contribution in [-0.4, -0.2) is 80.4 Å². The molecule has 2 amide bonds. The molecule has 1 saturated heterocycles. The lowest BCUT2D eigenvalue weighted by atomic mass is 10.0. The maximum absolute atomic E-state index is 14.7. The number of pyridine rings is 1. The second kappa shape index (κ2) is 9.76. The molecular weight excluding hydrogens is 557 g/mol. The van der Waals surface area contributed by atoms with Crippen LogP contribution in [0, 0.1) is 0 Å². The van der Waals surface area contributed by atoms with E-state index in [0.717, 1.165) is 36.3 Å². The Morgan fingerprint density at radius 3 is 2.40 bits per heavy atom. The number of hydrogen-bond acceptors (Lipinski definition) is 8.